The van der Waals surface area contributed by atoms with Crippen molar-refractivity contribution in [2.75, 3.05) is 13.2 Å². The van der Waals surface area contributed by atoms with Crippen molar-refractivity contribution in [3.05, 3.63) is 0 Å². The van der Waals surface area contributed by atoms with Crippen LogP contribution < -0.4 is 5.32 Å². The molecule has 6 nitrogen and oxygen atoms in total. The number of urea groups is 1. The Morgan fingerprint density at radius 1 is 1.45 bits per heavy atom. The molecule has 1 saturated heterocycles. The van der Waals surface area contributed by atoms with E-state index < -0.39 is 12.0 Å². The summed E-state index contributed by atoms with van der Waals surface area (Å²) < 4.78 is 0. The number of aliphatic hydroxyl groups excluding tert-OH is 1. The summed E-state index contributed by atoms with van der Waals surface area (Å²) >= 11 is 0. The zero-order valence-corrected chi connectivity index (χ0v) is 12.3. The summed E-state index contributed by atoms with van der Waals surface area (Å²) in [6.07, 6.45) is 4.00. The molecule has 1 rings (SSSR count). The second-order valence-corrected chi connectivity index (χ2v) is 5.51. The second kappa shape index (κ2) is 8.09. The van der Waals surface area contributed by atoms with E-state index in [4.69, 9.17) is 5.11 Å². The third-order valence-electron chi connectivity index (χ3n) is 4.09. The summed E-state index contributed by atoms with van der Waals surface area (Å²) in [5.74, 6) is -1.09. The quantitative estimate of drug-likeness (QED) is 0.660. The smallest absolute Gasteiger partial charge is 0.326 e. The molecule has 1 heterocycles. The van der Waals surface area contributed by atoms with E-state index in [0.717, 1.165) is 19.3 Å². The van der Waals surface area contributed by atoms with Crippen LogP contribution in [0.5, 0.6) is 0 Å². The van der Waals surface area contributed by atoms with Crippen LogP contribution in [0.15, 0.2) is 0 Å². The average Bonchev–Trinajstić information content (AvgIpc) is 2.89. The minimum Gasteiger partial charge on any atom is -0.480 e. The highest BCUT2D eigenvalue weighted by molar-refractivity contribution is 5.83. The van der Waals surface area contributed by atoms with Crippen LogP contribution >= 0.6 is 0 Å². The molecule has 1 aliphatic rings. The lowest BCUT2D eigenvalue weighted by Crippen LogP contribution is -2.51. The van der Waals surface area contributed by atoms with Gasteiger partial charge >= 0.3 is 12.0 Å². The Morgan fingerprint density at radius 2 is 2.15 bits per heavy atom. The summed E-state index contributed by atoms with van der Waals surface area (Å²) in [7, 11) is 0. The Morgan fingerprint density at radius 3 is 2.70 bits per heavy atom. The van der Waals surface area contributed by atoms with Gasteiger partial charge in [0, 0.05) is 19.2 Å². The van der Waals surface area contributed by atoms with Crippen LogP contribution in [0.3, 0.4) is 0 Å². The van der Waals surface area contributed by atoms with Gasteiger partial charge in [0.15, 0.2) is 0 Å². The molecule has 3 atom stereocenters. The first-order chi connectivity index (χ1) is 9.51. The number of nitrogens with zero attached hydrogens (tertiary/aromatic N) is 1. The van der Waals surface area contributed by atoms with Gasteiger partial charge in [0.2, 0.25) is 0 Å². The lowest BCUT2D eigenvalue weighted by Gasteiger charge is -2.28. The molecule has 0 spiro atoms. The maximum atomic E-state index is 12.2. The number of hydrogen-bond donors (Lipinski definition) is 3. The lowest BCUT2D eigenvalue weighted by atomic mass is 9.99. The first kappa shape index (κ1) is 16.8. The Kier molecular flexibility index (Phi) is 6.78. The van der Waals surface area contributed by atoms with Gasteiger partial charge in [-0.15, -0.1) is 0 Å². The number of carboxylic acids is 1. The van der Waals surface area contributed by atoms with E-state index in [2.05, 4.69) is 5.32 Å². The molecular weight excluding hydrogens is 260 g/mol. The zero-order valence-electron chi connectivity index (χ0n) is 12.3. The van der Waals surface area contributed by atoms with Crippen LogP contribution in [0.1, 0.15) is 46.0 Å². The number of aliphatic carboxylic acids is 1. The molecule has 0 bridgehead atoms. The fourth-order valence-electron chi connectivity index (χ4n) is 2.63. The molecule has 1 aliphatic heterocycles. The van der Waals surface area contributed by atoms with Gasteiger partial charge < -0.3 is 20.4 Å². The number of amides is 2. The van der Waals surface area contributed by atoms with Gasteiger partial charge in [0.25, 0.3) is 0 Å². The molecule has 0 aromatic carbocycles. The summed E-state index contributed by atoms with van der Waals surface area (Å²) in [5.41, 5.74) is 0. The number of carbonyl (C=O) groups excluding carboxylic acids is 1. The molecule has 0 aliphatic carbocycles. The van der Waals surface area contributed by atoms with Crippen molar-refractivity contribution >= 4 is 12.0 Å². The molecular formula is C14H26N2O4. The minimum atomic E-state index is -0.987. The number of aliphatic hydroxyl groups is 1. The van der Waals surface area contributed by atoms with E-state index in [1.165, 1.54) is 0 Å². The molecule has 1 fully saturated rings. The topological polar surface area (TPSA) is 89.9 Å². The van der Waals surface area contributed by atoms with Crippen LogP contribution in [0, 0.1) is 5.92 Å². The van der Waals surface area contributed by atoms with Gasteiger partial charge in [-0.1, -0.05) is 20.3 Å². The van der Waals surface area contributed by atoms with E-state index in [1.54, 1.807) is 4.90 Å². The molecule has 0 aromatic heterocycles. The third-order valence-corrected chi connectivity index (χ3v) is 4.09. The predicted octanol–water partition coefficient (Wildman–Crippen LogP) is 1.43. The molecule has 116 valence electrons. The normalized spacial score (nSPS) is 21.6. The summed E-state index contributed by atoms with van der Waals surface area (Å²) in [5, 5.41) is 20.7. The van der Waals surface area contributed by atoms with Gasteiger partial charge in [0.05, 0.1) is 0 Å². The number of likely N-dealkylation sites (tertiary alicyclic amines) is 1. The molecule has 0 aromatic rings. The summed E-state index contributed by atoms with van der Waals surface area (Å²) in [4.78, 5) is 25.2. The van der Waals surface area contributed by atoms with Crippen LogP contribution in [-0.2, 0) is 4.79 Å². The number of rotatable bonds is 7. The van der Waals surface area contributed by atoms with Gasteiger partial charge in [-0.05, 0) is 31.6 Å². The molecule has 0 saturated carbocycles. The highest BCUT2D eigenvalue weighted by Gasteiger charge is 2.32. The van der Waals surface area contributed by atoms with Crippen molar-refractivity contribution in [2.24, 2.45) is 5.92 Å². The zero-order chi connectivity index (χ0) is 15.1. The second-order valence-electron chi connectivity index (χ2n) is 5.51. The summed E-state index contributed by atoms with van der Waals surface area (Å²) in [6, 6.07) is -1.02. The fraction of sp³-hybridized carbons (Fsp3) is 0.857. The lowest BCUT2D eigenvalue weighted by molar-refractivity contribution is -0.140. The number of carboxylic acid groups (broad SMARTS) is 1. The maximum absolute atomic E-state index is 12.2. The molecule has 3 unspecified atom stereocenters. The third kappa shape index (κ3) is 4.37. The van der Waals surface area contributed by atoms with Crippen LogP contribution in [0.25, 0.3) is 0 Å². The standard InChI is InChI=1S/C14H26N2O4/c1-3-10(2)12(13(18)19)15-14(20)16-8-4-6-11(16)7-5-9-17/h10-12,17H,3-9H2,1-2H3,(H,15,20)(H,18,19). The molecule has 20 heavy (non-hydrogen) atoms. The Labute approximate surface area is 120 Å². The summed E-state index contributed by atoms with van der Waals surface area (Å²) in [6.45, 7) is 4.52. The Bertz CT molecular complexity index is 335. The van der Waals surface area contributed by atoms with Crippen molar-refractivity contribution in [3.63, 3.8) is 0 Å². The van der Waals surface area contributed by atoms with Crippen molar-refractivity contribution in [1.29, 1.82) is 0 Å². The number of nitrogens with one attached hydrogen (secondary N) is 1. The highest BCUT2D eigenvalue weighted by atomic mass is 16.4. The van der Waals surface area contributed by atoms with Crippen molar-refractivity contribution < 1.29 is 19.8 Å². The molecule has 6 heteroatoms. The first-order valence-electron chi connectivity index (χ1n) is 7.42. The van der Waals surface area contributed by atoms with Gasteiger partial charge in [-0.25, -0.2) is 9.59 Å². The SMILES string of the molecule is CCC(C)C(NC(=O)N1CCCC1CCCO)C(=O)O. The van der Waals surface area contributed by atoms with E-state index >= 15 is 0 Å². The predicted molar refractivity (Wildman–Crippen MR) is 75.5 cm³/mol. The van der Waals surface area contributed by atoms with E-state index in [1.807, 2.05) is 13.8 Å². The maximum Gasteiger partial charge on any atom is 0.326 e. The van der Waals surface area contributed by atoms with Crippen LogP contribution in [0.2, 0.25) is 0 Å². The fourth-order valence-corrected chi connectivity index (χ4v) is 2.63. The Hall–Kier alpha value is -1.30. The first-order valence-corrected chi connectivity index (χ1v) is 7.42. The minimum absolute atomic E-state index is 0.102. The van der Waals surface area contributed by atoms with E-state index in [9.17, 15) is 14.7 Å². The monoisotopic (exact) mass is 286 g/mol. The largest absolute Gasteiger partial charge is 0.480 e. The van der Waals surface area contributed by atoms with Crippen molar-refractivity contribution in [2.45, 2.75) is 58.0 Å². The average molecular weight is 286 g/mol. The highest BCUT2D eigenvalue weighted by Crippen LogP contribution is 2.21. The van der Waals surface area contributed by atoms with Crippen molar-refractivity contribution in [1.82, 2.24) is 10.2 Å². The molecule has 0 radical (unpaired) electrons. The number of carbonyl (C=O) groups is 2. The number of hydrogen-bond acceptors (Lipinski definition) is 3. The van der Waals surface area contributed by atoms with Gasteiger partial charge in [-0.2, -0.15) is 0 Å². The molecule has 3 N–H and O–H groups in total. The van der Waals surface area contributed by atoms with Gasteiger partial charge in [0.1, 0.15) is 6.04 Å². The van der Waals surface area contributed by atoms with Crippen molar-refractivity contribution in [3.8, 4) is 0 Å². The Balaban J connectivity index is 2.61. The van der Waals surface area contributed by atoms with Gasteiger partial charge in [-0.3, -0.25) is 0 Å². The molecule has 2 amide bonds. The van der Waals surface area contributed by atoms with E-state index in [0.29, 0.717) is 19.4 Å². The van der Waals surface area contributed by atoms with Crippen LogP contribution in [-0.4, -0.2) is 52.3 Å². The van der Waals surface area contributed by atoms with E-state index in [-0.39, 0.29) is 24.6 Å². The van der Waals surface area contributed by atoms with Crippen LogP contribution in [0.4, 0.5) is 4.79 Å².